The van der Waals surface area contributed by atoms with Gasteiger partial charge in [-0.1, -0.05) is 24.3 Å². The Kier molecular flexibility index (Phi) is 5.66. The molecule has 2 amide bonds. The number of ether oxygens (including phenoxy) is 1. The van der Waals surface area contributed by atoms with E-state index >= 15 is 0 Å². The molecular formula is C24H22N4O3. The molecule has 0 aliphatic heterocycles. The summed E-state index contributed by atoms with van der Waals surface area (Å²) in [5, 5.41) is 5.70. The molecule has 3 aromatic carbocycles. The first kappa shape index (κ1) is 20.2. The van der Waals surface area contributed by atoms with E-state index in [9.17, 15) is 9.59 Å². The third-order valence-electron chi connectivity index (χ3n) is 4.93. The van der Waals surface area contributed by atoms with Crippen LogP contribution >= 0.6 is 0 Å². The number of anilines is 2. The van der Waals surface area contributed by atoms with Crippen molar-refractivity contribution in [1.82, 2.24) is 9.55 Å². The second-order valence-corrected chi connectivity index (χ2v) is 7.01. The molecule has 0 radical (unpaired) electrons. The quantitative estimate of drug-likeness (QED) is 0.494. The minimum atomic E-state index is -0.261. The fraction of sp³-hybridized carbons (Fsp3) is 0.125. The third kappa shape index (κ3) is 4.40. The fourth-order valence-corrected chi connectivity index (χ4v) is 3.39. The molecule has 2 N–H and O–H groups in total. The van der Waals surface area contributed by atoms with E-state index in [1.165, 1.54) is 0 Å². The number of amides is 2. The molecule has 156 valence electrons. The first-order valence-corrected chi connectivity index (χ1v) is 9.81. The zero-order chi connectivity index (χ0) is 21.8. The van der Waals surface area contributed by atoms with Crippen LogP contribution in [-0.2, 0) is 11.3 Å². The SMILES string of the molecule is COc1ccccc1NC(=O)c1ccc(NC(=O)Cn2c(C)nc3ccccc32)cc1. The van der Waals surface area contributed by atoms with Crippen molar-refractivity contribution in [2.45, 2.75) is 13.5 Å². The number of methoxy groups -OCH3 is 1. The average Bonchev–Trinajstić information content (AvgIpc) is 3.09. The minimum absolute atomic E-state index is 0.155. The van der Waals surface area contributed by atoms with E-state index in [1.807, 2.05) is 47.9 Å². The molecule has 1 aromatic heterocycles. The van der Waals surface area contributed by atoms with Crippen molar-refractivity contribution in [3.05, 3.63) is 84.2 Å². The van der Waals surface area contributed by atoms with Gasteiger partial charge in [0, 0.05) is 11.3 Å². The Morgan fingerprint density at radius 3 is 2.42 bits per heavy atom. The zero-order valence-corrected chi connectivity index (χ0v) is 17.3. The molecule has 0 saturated carbocycles. The molecule has 31 heavy (non-hydrogen) atoms. The van der Waals surface area contributed by atoms with E-state index in [1.54, 1.807) is 43.5 Å². The highest BCUT2D eigenvalue weighted by Crippen LogP contribution is 2.24. The van der Waals surface area contributed by atoms with Crippen LogP contribution in [0.25, 0.3) is 11.0 Å². The standard InChI is InChI=1S/C24H22N4O3/c1-16-25-19-7-3-5-9-21(19)28(16)15-23(29)26-18-13-11-17(12-14-18)24(30)27-20-8-4-6-10-22(20)31-2/h3-14H,15H2,1-2H3,(H,26,29)(H,27,30). The van der Waals surface area contributed by atoms with Crippen molar-refractivity contribution in [1.29, 1.82) is 0 Å². The number of imidazole rings is 1. The summed E-state index contributed by atoms with van der Waals surface area (Å²) in [5.41, 5.74) is 3.45. The van der Waals surface area contributed by atoms with Crippen LogP contribution in [0.4, 0.5) is 11.4 Å². The normalized spacial score (nSPS) is 10.6. The first-order chi connectivity index (χ1) is 15.0. The number of carbonyl (C=O) groups is 2. The third-order valence-corrected chi connectivity index (χ3v) is 4.93. The summed E-state index contributed by atoms with van der Waals surface area (Å²) in [6, 6.07) is 21.6. The maximum Gasteiger partial charge on any atom is 0.255 e. The monoisotopic (exact) mass is 414 g/mol. The van der Waals surface area contributed by atoms with Crippen LogP contribution in [0.3, 0.4) is 0 Å². The number of aromatic nitrogens is 2. The number of hydrogen-bond acceptors (Lipinski definition) is 4. The predicted molar refractivity (Wildman–Crippen MR) is 120 cm³/mol. The Morgan fingerprint density at radius 1 is 0.935 bits per heavy atom. The number of rotatable bonds is 6. The van der Waals surface area contributed by atoms with E-state index in [4.69, 9.17) is 4.74 Å². The van der Waals surface area contributed by atoms with Crippen molar-refractivity contribution >= 4 is 34.2 Å². The molecule has 0 bridgehead atoms. The van der Waals surface area contributed by atoms with Gasteiger partial charge < -0.3 is 19.9 Å². The van der Waals surface area contributed by atoms with Crippen LogP contribution in [0.5, 0.6) is 5.75 Å². The van der Waals surface area contributed by atoms with Crippen LogP contribution in [0, 0.1) is 6.92 Å². The summed E-state index contributed by atoms with van der Waals surface area (Å²) in [7, 11) is 1.55. The number of nitrogens with zero attached hydrogens (tertiary/aromatic N) is 2. The van der Waals surface area contributed by atoms with Gasteiger partial charge in [-0.15, -0.1) is 0 Å². The molecule has 0 atom stereocenters. The Morgan fingerprint density at radius 2 is 1.65 bits per heavy atom. The number of aryl methyl sites for hydroxylation is 1. The van der Waals surface area contributed by atoms with E-state index in [2.05, 4.69) is 15.6 Å². The summed E-state index contributed by atoms with van der Waals surface area (Å²) in [6.07, 6.45) is 0. The highest BCUT2D eigenvalue weighted by Gasteiger charge is 2.12. The number of benzene rings is 3. The van der Waals surface area contributed by atoms with Crippen molar-refractivity contribution in [2.24, 2.45) is 0 Å². The van der Waals surface area contributed by atoms with Crippen molar-refractivity contribution in [3.8, 4) is 5.75 Å². The van der Waals surface area contributed by atoms with Gasteiger partial charge in [-0.3, -0.25) is 9.59 Å². The summed E-state index contributed by atoms with van der Waals surface area (Å²) >= 11 is 0. The molecule has 0 spiro atoms. The average molecular weight is 414 g/mol. The molecule has 0 aliphatic rings. The molecule has 4 aromatic rings. The van der Waals surface area contributed by atoms with E-state index in [0.717, 1.165) is 16.9 Å². The van der Waals surface area contributed by atoms with Crippen LogP contribution < -0.4 is 15.4 Å². The number of hydrogen-bond donors (Lipinski definition) is 2. The number of nitrogens with one attached hydrogen (secondary N) is 2. The van der Waals surface area contributed by atoms with Gasteiger partial charge in [0.1, 0.15) is 18.1 Å². The number of carbonyl (C=O) groups excluding carboxylic acids is 2. The highest BCUT2D eigenvalue weighted by molar-refractivity contribution is 6.05. The Bertz CT molecular complexity index is 1250. The van der Waals surface area contributed by atoms with Crippen molar-refractivity contribution < 1.29 is 14.3 Å². The largest absolute Gasteiger partial charge is 0.495 e. The maximum atomic E-state index is 12.6. The van der Waals surface area contributed by atoms with Crippen LogP contribution in [0.2, 0.25) is 0 Å². The molecule has 4 rings (SSSR count). The second-order valence-electron chi connectivity index (χ2n) is 7.01. The Balaban J connectivity index is 1.41. The lowest BCUT2D eigenvalue weighted by Gasteiger charge is -2.11. The maximum absolute atomic E-state index is 12.6. The number of para-hydroxylation sites is 4. The molecule has 7 nitrogen and oxygen atoms in total. The Hall–Kier alpha value is -4.13. The Labute approximate surface area is 179 Å². The van der Waals surface area contributed by atoms with Gasteiger partial charge in [0.25, 0.3) is 5.91 Å². The summed E-state index contributed by atoms with van der Waals surface area (Å²) in [4.78, 5) is 29.6. The molecule has 0 saturated heterocycles. The van der Waals surface area contributed by atoms with Gasteiger partial charge in [0.15, 0.2) is 0 Å². The van der Waals surface area contributed by atoms with Crippen LogP contribution in [-0.4, -0.2) is 28.5 Å². The molecule has 0 unspecified atom stereocenters. The van der Waals surface area contributed by atoms with Crippen molar-refractivity contribution in [3.63, 3.8) is 0 Å². The van der Waals surface area contributed by atoms with Gasteiger partial charge in [0.05, 0.1) is 23.8 Å². The van der Waals surface area contributed by atoms with Crippen LogP contribution in [0.15, 0.2) is 72.8 Å². The lowest BCUT2D eigenvalue weighted by molar-refractivity contribution is -0.116. The van der Waals surface area contributed by atoms with E-state index in [-0.39, 0.29) is 18.4 Å². The van der Waals surface area contributed by atoms with Crippen LogP contribution in [0.1, 0.15) is 16.2 Å². The second kappa shape index (κ2) is 8.71. The van der Waals surface area contributed by atoms with Gasteiger partial charge in [-0.25, -0.2) is 4.98 Å². The molecule has 0 fully saturated rings. The highest BCUT2D eigenvalue weighted by atomic mass is 16.5. The summed E-state index contributed by atoms with van der Waals surface area (Å²) in [5.74, 6) is 0.933. The molecule has 0 aliphatic carbocycles. The topological polar surface area (TPSA) is 85.3 Å². The molecule has 7 heteroatoms. The van der Waals surface area contributed by atoms with Gasteiger partial charge in [-0.05, 0) is 55.5 Å². The van der Waals surface area contributed by atoms with Gasteiger partial charge >= 0.3 is 0 Å². The first-order valence-electron chi connectivity index (χ1n) is 9.81. The van der Waals surface area contributed by atoms with Crippen molar-refractivity contribution in [2.75, 3.05) is 17.7 Å². The zero-order valence-electron chi connectivity index (χ0n) is 17.3. The number of fused-ring (bicyclic) bond motifs is 1. The minimum Gasteiger partial charge on any atom is -0.495 e. The van der Waals surface area contributed by atoms with E-state index < -0.39 is 0 Å². The summed E-state index contributed by atoms with van der Waals surface area (Å²) in [6.45, 7) is 2.03. The fourth-order valence-electron chi connectivity index (χ4n) is 3.39. The lowest BCUT2D eigenvalue weighted by atomic mass is 10.2. The summed E-state index contributed by atoms with van der Waals surface area (Å²) < 4.78 is 7.13. The van der Waals surface area contributed by atoms with Gasteiger partial charge in [-0.2, -0.15) is 0 Å². The predicted octanol–water partition coefficient (Wildman–Crippen LogP) is 4.24. The molecule has 1 heterocycles. The van der Waals surface area contributed by atoms with Gasteiger partial charge in [0.2, 0.25) is 5.91 Å². The lowest BCUT2D eigenvalue weighted by Crippen LogP contribution is -2.19. The van der Waals surface area contributed by atoms with E-state index in [0.29, 0.717) is 22.7 Å². The smallest absolute Gasteiger partial charge is 0.255 e. The molecular weight excluding hydrogens is 392 g/mol.